The van der Waals surface area contributed by atoms with Gasteiger partial charge >= 0.3 is 0 Å². The SMILES string of the molecule is CSC(CO)C(C)NC(=O)CCCO. The molecule has 4 nitrogen and oxygen atoms in total. The summed E-state index contributed by atoms with van der Waals surface area (Å²) in [5.41, 5.74) is 0. The maximum absolute atomic E-state index is 11.2. The van der Waals surface area contributed by atoms with Crippen molar-refractivity contribution in [3.8, 4) is 0 Å². The first-order chi connectivity index (χ1) is 6.65. The molecule has 0 aromatic heterocycles. The number of carbonyl (C=O) groups excluding carboxylic acids is 1. The summed E-state index contributed by atoms with van der Waals surface area (Å²) in [4.78, 5) is 11.2. The highest BCUT2D eigenvalue weighted by molar-refractivity contribution is 7.99. The maximum atomic E-state index is 11.2. The standard InChI is InChI=1S/C9H19NO3S/c1-7(8(6-12)14-2)10-9(13)4-3-5-11/h7-8,11-12H,3-6H2,1-2H3,(H,10,13). The average Bonchev–Trinajstić information content (AvgIpc) is 2.16. The van der Waals surface area contributed by atoms with E-state index in [1.54, 1.807) is 0 Å². The summed E-state index contributed by atoms with van der Waals surface area (Å²) in [7, 11) is 0. The molecule has 0 aliphatic rings. The molecule has 0 radical (unpaired) electrons. The fourth-order valence-electron chi connectivity index (χ4n) is 1.10. The van der Waals surface area contributed by atoms with E-state index in [-0.39, 0.29) is 30.4 Å². The normalized spacial score (nSPS) is 14.9. The van der Waals surface area contributed by atoms with Crippen LogP contribution >= 0.6 is 11.8 Å². The van der Waals surface area contributed by atoms with Crippen LogP contribution in [0.4, 0.5) is 0 Å². The quantitative estimate of drug-likeness (QED) is 0.565. The number of amides is 1. The van der Waals surface area contributed by atoms with Gasteiger partial charge in [0.25, 0.3) is 0 Å². The minimum atomic E-state index is -0.0703. The van der Waals surface area contributed by atoms with Crippen LogP contribution in [-0.2, 0) is 4.79 Å². The van der Waals surface area contributed by atoms with E-state index < -0.39 is 0 Å². The van der Waals surface area contributed by atoms with Gasteiger partial charge < -0.3 is 15.5 Å². The Labute approximate surface area is 89.1 Å². The zero-order valence-corrected chi connectivity index (χ0v) is 9.51. The average molecular weight is 221 g/mol. The fourth-order valence-corrected chi connectivity index (χ4v) is 1.72. The number of thioether (sulfide) groups is 1. The Morgan fingerprint density at radius 2 is 2.14 bits per heavy atom. The molecule has 5 heteroatoms. The largest absolute Gasteiger partial charge is 0.396 e. The molecule has 0 rings (SSSR count). The second-order valence-corrected chi connectivity index (χ2v) is 4.22. The second kappa shape index (κ2) is 8.08. The molecule has 0 saturated heterocycles. The first-order valence-electron chi connectivity index (χ1n) is 4.69. The minimum Gasteiger partial charge on any atom is -0.396 e. The Hall–Kier alpha value is -0.260. The molecule has 1 amide bonds. The molecule has 2 unspecified atom stereocenters. The van der Waals surface area contributed by atoms with E-state index >= 15 is 0 Å². The number of aliphatic hydroxyl groups is 2. The van der Waals surface area contributed by atoms with Gasteiger partial charge in [0.15, 0.2) is 0 Å². The third-order valence-corrected chi connectivity index (χ3v) is 3.15. The topological polar surface area (TPSA) is 69.6 Å². The smallest absolute Gasteiger partial charge is 0.220 e. The molecule has 0 heterocycles. The third kappa shape index (κ3) is 5.47. The summed E-state index contributed by atoms with van der Waals surface area (Å²) in [6.07, 6.45) is 2.73. The Morgan fingerprint density at radius 3 is 2.57 bits per heavy atom. The number of carbonyl (C=O) groups is 1. The molecule has 3 N–H and O–H groups in total. The van der Waals surface area contributed by atoms with Crippen LogP contribution in [-0.4, -0.2) is 46.9 Å². The highest BCUT2D eigenvalue weighted by Gasteiger charge is 2.16. The molecular formula is C9H19NO3S. The van der Waals surface area contributed by atoms with Gasteiger partial charge in [-0.3, -0.25) is 4.79 Å². The lowest BCUT2D eigenvalue weighted by molar-refractivity contribution is -0.122. The van der Waals surface area contributed by atoms with Crippen molar-refractivity contribution in [2.75, 3.05) is 19.5 Å². The lowest BCUT2D eigenvalue weighted by atomic mass is 10.2. The molecule has 0 aliphatic heterocycles. The zero-order chi connectivity index (χ0) is 11.0. The molecule has 0 bridgehead atoms. The van der Waals surface area contributed by atoms with Crippen LogP contribution in [0, 0.1) is 0 Å². The van der Waals surface area contributed by atoms with Gasteiger partial charge in [-0.05, 0) is 19.6 Å². The van der Waals surface area contributed by atoms with Gasteiger partial charge in [0.2, 0.25) is 5.91 Å². The lowest BCUT2D eigenvalue weighted by Crippen LogP contribution is -2.41. The molecule has 2 atom stereocenters. The van der Waals surface area contributed by atoms with E-state index in [4.69, 9.17) is 10.2 Å². The fraction of sp³-hybridized carbons (Fsp3) is 0.889. The molecule has 0 aliphatic carbocycles. The Morgan fingerprint density at radius 1 is 1.50 bits per heavy atom. The van der Waals surface area contributed by atoms with Gasteiger partial charge in [0, 0.05) is 24.3 Å². The minimum absolute atomic E-state index is 0.0353. The van der Waals surface area contributed by atoms with Crippen molar-refractivity contribution in [2.24, 2.45) is 0 Å². The predicted octanol–water partition coefficient (Wildman–Crippen LogP) is -0.0125. The summed E-state index contributed by atoms with van der Waals surface area (Å²) in [6, 6.07) is -0.0406. The van der Waals surface area contributed by atoms with Crippen molar-refractivity contribution >= 4 is 17.7 Å². The second-order valence-electron chi connectivity index (χ2n) is 3.14. The van der Waals surface area contributed by atoms with Crippen molar-refractivity contribution in [3.63, 3.8) is 0 Å². The van der Waals surface area contributed by atoms with Gasteiger partial charge in [-0.1, -0.05) is 0 Å². The lowest BCUT2D eigenvalue weighted by Gasteiger charge is -2.21. The van der Waals surface area contributed by atoms with Crippen molar-refractivity contribution in [2.45, 2.75) is 31.1 Å². The maximum Gasteiger partial charge on any atom is 0.220 e. The third-order valence-electron chi connectivity index (χ3n) is 1.99. The number of nitrogens with one attached hydrogen (secondary N) is 1. The molecule has 84 valence electrons. The molecule has 14 heavy (non-hydrogen) atoms. The van der Waals surface area contributed by atoms with Crippen LogP contribution in [0.15, 0.2) is 0 Å². The van der Waals surface area contributed by atoms with Crippen LogP contribution < -0.4 is 5.32 Å². The van der Waals surface area contributed by atoms with E-state index in [1.165, 1.54) is 11.8 Å². The van der Waals surface area contributed by atoms with Crippen molar-refractivity contribution in [1.82, 2.24) is 5.32 Å². The first-order valence-corrected chi connectivity index (χ1v) is 5.98. The highest BCUT2D eigenvalue weighted by Crippen LogP contribution is 2.10. The van der Waals surface area contributed by atoms with Gasteiger partial charge in [-0.25, -0.2) is 0 Å². The van der Waals surface area contributed by atoms with E-state index in [9.17, 15) is 4.79 Å². The van der Waals surface area contributed by atoms with E-state index in [0.29, 0.717) is 12.8 Å². The van der Waals surface area contributed by atoms with Crippen molar-refractivity contribution < 1.29 is 15.0 Å². The van der Waals surface area contributed by atoms with Gasteiger partial charge in [-0.15, -0.1) is 0 Å². The first kappa shape index (κ1) is 13.7. The molecular weight excluding hydrogens is 202 g/mol. The molecule has 0 fully saturated rings. The van der Waals surface area contributed by atoms with E-state index in [2.05, 4.69) is 5.32 Å². The van der Waals surface area contributed by atoms with Crippen LogP contribution in [0.3, 0.4) is 0 Å². The van der Waals surface area contributed by atoms with E-state index in [0.717, 1.165) is 0 Å². The Balaban J connectivity index is 3.79. The zero-order valence-electron chi connectivity index (χ0n) is 8.69. The number of hydrogen-bond donors (Lipinski definition) is 3. The van der Waals surface area contributed by atoms with Crippen molar-refractivity contribution in [3.05, 3.63) is 0 Å². The van der Waals surface area contributed by atoms with Crippen LogP contribution in [0.1, 0.15) is 19.8 Å². The molecule has 0 aromatic rings. The van der Waals surface area contributed by atoms with Crippen LogP contribution in [0.2, 0.25) is 0 Å². The summed E-state index contributed by atoms with van der Waals surface area (Å²) < 4.78 is 0. The van der Waals surface area contributed by atoms with Crippen LogP contribution in [0.25, 0.3) is 0 Å². The van der Waals surface area contributed by atoms with Crippen LogP contribution in [0.5, 0.6) is 0 Å². The molecule has 0 spiro atoms. The number of hydrogen-bond acceptors (Lipinski definition) is 4. The number of aliphatic hydroxyl groups excluding tert-OH is 2. The Bertz CT molecular complexity index is 162. The predicted molar refractivity (Wildman–Crippen MR) is 58.3 cm³/mol. The summed E-state index contributed by atoms with van der Waals surface area (Å²) in [5, 5.41) is 20.3. The van der Waals surface area contributed by atoms with Gasteiger partial charge in [0.1, 0.15) is 0 Å². The molecule has 0 saturated carbocycles. The summed E-state index contributed by atoms with van der Waals surface area (Å²) >= 11 is 1.53. The van der Waals surface area contributed by atoms with Gasteiger partial charge in [0.05, 0.1) is 6.61 Å². The van der Waals surface area contributed by atoms with E-state index in [1.807, 2.05) is 13.2 Å². The summed E-state index contributed by atoms with van der Waals surface area (Å²) in [5.74, 6) is -0.0703. The monoisotopic (exact) mass is 221 g/mol. The van der Waals surface area contributed by atoms with Crippen molar-refractivity contribution in [1.29, 1.82) is 0 Å². The van der Waals surface area contributed by atoms with Gasteiger partial charge in [-0.2, -0.15) is 11.8 Å². The molecule has 0 aromatic carbocycles. The summed E-state index contributed by atoms with van der Waals surface area (Å²) in [6.45, 7) is 1.96. The number of rotatable bonds is 7. The Kier molecular flexibility index (Phi) is 7.93. The highest BCUT2D eigenvalue weighted by atomic mass is 32.2.